The van der Waals surface area contributed by atoms with Gasteiger partial charge in [-0.05, 0) is 31.9 Å². The lowest BCUT2D eigenvalue weighted by Crippen LogP contribution is -2.39. The van der Waals surface area contributed by atoms with Crippen LogP contribution in [0.2, 0.25) is 0 Å². The van der Waals surface area contributed by atoms with Crippen molar-refractivity contribution in [3.05, 3.63) is 22.9 Å². The van der Waals surface area contributed by atoms with Crippen LogP contribution in [0.5, 0.6) is 0 Å². The lowest BCUT2D eigenvalue weighted by Gasteiger charge is -2.34. The van der Waals surface area contributed by atoms with Crippen LogP contribution in [0.25, 0.3) is 0 Å². The van der Waals surface area contributed by atoms with Gasteiger partial charge in [-0.15, -0.1) is 0 Å². The molecule has 18 heavy (non-hydrogen) atoms. The van der Waals surface area contributed by atoms with E-state index in [9.17, 15) is 5.11 Å². The summed E-state index contributed by atoms with van der Waals surface area (Å²) in [6.45, 7) is 8.47. The van der Waals surface area contributed by atoms with E-state index in [1.54, 1.807) is 0 Å². The van der Waals surface area contributed by atoms with Gasteiger partial charge in [0.15, 0.2) is 0 Å². The number of aryl methyl sites for hydroxylation is 2. The van der Waals surface area contributed by atoms with Crippen molar-refractivity contribution in [2.24, 2.45) is 0 Å². The highest BCUT2D eigenvalue weighted by Crippen LogP contribution is 2.28. The fourth-order valence-electron chi connectivity index (χ4n) is 2.46. The number of hydrogen-bond donors (Lipinski definition) is 1. The van der Waals surface area contributed by atoms with Crippen LogP contribution in [0.15, 0.2) is 6.07 Å². The summed E-state index contributed by atoms with van der Waals surface area (Å²) >= 11 is 2.05. The maximum absolute atomic E-state index is 9.57. The summed E-state index contributed by atoms with van der Waals surface area (Å²) in [6.07, 6.45) is 1.19. The van der Waals surface area contributed by atoms with Crippen LogP contribution in [-0.4, -0.2) is 34.2 Å². The molecule has 4 heteroatoms. The molecule has 3 nitrogen and oxygen atoms in total. The Labute approximate surface area is 114 Å². The van der Waals surface area contributed by atoms with E-state index in [-0.39, 0.29) is 6.61 Å². The van der Waals surface area contributed by atoms with Crippen LogP contribution in [0.4, 0.5) is 5.82 Å². The highest BCUT2D eigenvalue weighted by Gasteiger charge is 2.22. The van der Waals surface area contributed by atoms with Gasteiger partial charge in [-0.3, -0.25) is 0 Å². The summed E-state index contributed by atoms with van der Waals surface area (Å²) in [5, 5.41) is 10.3. The first kappa shape index (κ1) is 13.7. The van der Waals surface area contributed by atoms with Crippen LogP contribution in [0, 0.1) is 13.8 Å². The number of aliphatic hydroxyl groups excluding tert-OH is 1. The van der Waals surface area contributed by atoms with Gasteiger partial charge in [-0.25, -0.2) is 4.98 Å². The SMILES string of the molecule is CCC1CN(c2nc(C)cc(C)c2CO)CCS1. The Hall–Kier alpha value is -0.740. The molecule has 0 spiro atoms. The van der Waals surface area contributed by atoms with E-state index < -0.39 is 0 Å². The second kappa shape index (κ2) is 5.93. The minimum atomic E-state index is 0.0783. The second-order valence-electron chi connectivity index (χ2n) is 4.89. The smallest absolute Gasteiger partial charge is 0.134 e. The third-order valence-electron chi connectivity index (χ3n) is 3.51. The van der Waals surface area contributed by atoms with E-state index in [0.29, 0.717) is 5.25 Å². The average molecular weight is 266 g/mol. The van der Waals surface area contributed by atoms with E-state index in [4.69, 9.17) is 0 Å². The summed E-state index contributed by atoms with van der Waals surface area (Å²) in [4.78, 5) is 7.00. The lowest BCUT2D eigenvalue weighted by molar-refractivity contribution is 0.280. The van der Waals surface area contributed by atoms with Crippen LogP contribution in [0.3, 0.4) is 0 Å². The number of nitrogens with zero attached hydrogens (tertiary/aromatic N) is 2. The predicted octanol–water partition coefficient (Wildman–Crippen LogP) is 2.52. The van der Waals surface area contributed by atoms with Crippen molar-refractivity contribution in [2.75, 3.05) is 23.7 Å². The first-order chi connectivity index (χ1) is 8.65. The summed E-state index contributed by atoms with van der Waals surface area (Å²) in [5.41, 5.74) is 3.17. The molecule has 1 aromatic heterocycles. The van der Waals surface area contributed by atoms with Gasteiger partial charge in [0.25, 0.3) is 0 Å². The number of thioether (sulfide) groups is 1. The van der Waals surface area contributed by atoms with Gasteiger partial charge in [-0.2, -0.15) is 11.8 Å². The van der Waals surface area contributed by atoms with Crippen LogP contribution >= 0.6 is 11.8 Å². The van der Waals surface area contributed by atoms with Gasteiger partial charge in [0.1, 0.15) is 5.82 Å². The van der Waals surface area contributed by atoms with Crippen molar-refractivity contribution in [3.8, 4) is 0 Å². The zero-order chi connectivity index (χ0) is 13.1. The minimum Gasteiger partial charge on any atom is -0.392 e. The molecule has 0 aliphatic carbocycles. The maximum atomic E-state index is 9.57. The number of aromatic nitrogens is 1. The molecule has 1 N–H and O–H groups in total. The molecule has 1 atom stereocenters. The molecule has 1 unspecified atom stereocenters. The average Bonchev–Trinajstić information content (AvgIpc) is 2.38. The molecule has 0 bridgehead atoms. The first-order valence-corrected chi connectivity index (χ1v) is 7.65. The van der Waals surface area contributed by atoms with Crippen molar-refractivity contribution in [3.63, 3.8) is 0 Å². The van der Waals surface area contributed by atoms with E-state index >= 15 is 0 Å². The minimum absolute atomic E-state index is 0.0783. The molecular formula is C14H22N2OS. The fraction of sp³-hybridized carbons (Fsp3) is 0.643. The zero-order valence-corrected chi connectivity index (χ0v) is 12.3. The van der Waals surface area contributed by atoms with Crippen molar-refractivity contribution in [2.45, 2.75) is 39.0 Å². The van der Waals surface area contributed by atoms with Crippen molar-refractivity contribution in [1.29, 1.82) is 0 Å². The maximum Gasteiger partial charge on any atom is 0.134 e. The van der Waals surface area contributed by atoms with Gasteiger partial charge < -0.3 is 10.0 Å². The van der Waals surface area contributed by atoms with Crippen LogP contribution < -0.4 is 4.90 Å². The number of rotatable bonds is 3. The number of aliphatic hydroxyl groups is 1. The Morgan fingerprint density at radius 2 is 2.28 bits per heavy atom. The lowest BCUT2D eigenvalue weighted by atomic mass is 10.1. The summed E-state index contributed by atoms with van der Waals surface area (Å²) in [5.74, 6) is 2.15. The predicted molar refractivity (Wildman–Crippen MR) is 78.4 cm³/mol. The van der Waals surface area contributed by atoms with E-state index in [2.05, 4.69) is 35.5 Å². The Morgan fingerprint density at radius 1 is 1.50 bits per heavy atom. The van der Waals surface area contributed by atoms with E-state index in [0.717, 1.165) is 41.5 Å². The Kier molecular flexibility index (Phi) is 4.51. The monoisotopic (exact) mass is 266 g/mol. The van der Waals surface area contributed by atoms with E-state index in [1.165, 1.54) is 6.42 Å². The van der Waals surface area contributed by atoms with Crippen LogP contribution in [-0.2, 0) is 6.61 Å². The standard InChI is InChI=1S/C14H22N2OS/c1-4-12-8-16(5-6-18-12)14-13(9-17)10(2)7-11(3)15-14/h7,12,17H,4-6,8-9H2,1-3H3. The molecule has 1 aliphatic heterocycles. The summed E-state index contributed by atoms with van der Waals surface area (Å²) in [6, 6.07) is 2.05. The van der Waals surface area contributed by atoms with Crippen molar-refractivity contribution < 1.29 is 5.11 Å². The van der Waals surface area contributed by atoms with Gasteiger partial charge in [0.2, 0.25) is 0 Å². The van der Waals surface area contributed by atoms with Gasteiger partial charge in [0.05, 0.1) is 6.61 Å². The van der Waals surface area contributed by atoms with Gasteiger partial charge in [-0.1, -0.05) is 6.92 Å². The summed E-state index contributed by atoms with van der Waals surface area (Å²) in [7, 11) is 0. The van der Waals surface area contributed by atoms with Crippen molar-refractivity contribution in [1.82, 2.24) is 4.98 Å². The third-order valence-corrected chi connectivity index (χ3v) is 4.88. The molecule has 0 aromatic carbocycles. The van der Waals surface area contributed by atoms with E-state index in [1.807, 2.05) is 13.0 Å². The normalized spacial score (nSPS) is 20.2. The molecule has 1 aromatic rings. The highest BCUT2D eigenvalue weighted by molar-refractivity contribution is 8.00. The molecule has 1 aliphatic rings. The largest absolute Gasteiger partial charge is 0.392 e. The molecular weight excluding hydrogens is 244 g/mol. The van der Waals surface area contributed by atoms with Crippen molar-refractivity contribution >= 4 is 17.6 Å². The van der Waals surface area contributed by atoms with Gasteiger partial charge >= 0.3 is 0 Å². The molecule has 0 saturated carbocycles. The Morgan fingerprint density at radius 3 is 2.94 bits per heavy atom. The summed E-state index contributed by atoms with van der Waals surface area (Å²) < 4.78 is 0. The zero-order valence-electron chi connectivity index (χ0n) is 11.4. The fourth-order valence-corrected chi connectivity index (χ4v) is 3.64. The number of pyridine rings is 1. The molecule has 0 radical (unpaired) electrons. The van der Waals surface area contributed by atoms with Crippen LogP contribution in [0.1, 0.15) is 30.2 Å². The first-order valence-electron chi connectivity index (χ1n) is 6.60. The highest BCUT2D eigenvalue weighted by atomic mass is 32.2. The van der Waals surface area contributed by atoms with Gasteiger partial charge in [0, 0.05) is 35.3 Å². The molecule has 1 saturated heterocycles. The number of hydrogen-bond acceptors (Lipinski definition) is 4. The molecule has 2 rings (SSSR count). The third kappa shape index (κ3) is 2.81. The Balaban J connectivity index is 2.31. The Bertz CT molecular complexity index is 423. The number of anilines is 1. The quantitative estimate of drug-likeness (QED) is 0.912. The molecule has 0 amide bonds. The second-order valence-corrected chi connectivity index (χ2v) is 6.30. The molecule has 100 valence electrons. The topological polar surface area (TPSA) is 36.4 Å². The molecule has 2 heterocycles. The molecule has 1 fully saturated rings.